The number of aromatic nitrogens is 1. The van der Waals surface area contributed by atoms with Crippen LogP contribution in [-0.2, 0) is 6.54 Å². The Balaban J connectivity index is 2.07. The van der Waals surface area contributed by atoms with Gasteiger partial charge in [0.2, 0.25) is 0 Å². The summed E-state index contributed by atoms with van der Waals surface area (Å²) < 4.78 is 0. The van der Waals surface area contributed by atoms with E-state index in [1.165, 1.54) is 11.3 Å². The highest BCUT2D eigenvalue weighted by molar-refractivity contribution is 5.52. The van der Waals surface area contributed by atoms with Crippen LogP contribution in [0.2, 0.25) is 0 Å². The van der Waals surface area contributed by atoms with Crippen molar-refractivity contribution in [1.29, 1.82) is 0 Å². The Morgan fingerprint density at radius 3 is 2.67 bits per heavy atom. The van der Waals surface area contributed by atoms with Gasteiger partial charge in [0.05, 0.1) is 11.9 Å². The lowest BCUT2D eigenvalue weighted by atomic mass is 10.1. The molecule has 18 heavy (non-hydrogen) atoms. The molecule has 0 aromatic carbocycles. The van der Waals surface area contributed by atoms with Gasteiger partial charge in [-0.2, -0.15) is 0 Å². The maximum absolute atomic E-state index is 4.28. The first-order valence-electron chi connectivity index (χ1n) is 6.76. The van der Waals surface area contributed by atoms with Crippen LogP contribution >= 0.6 is 0 Å². The summed E-state index contributed by atoms with van der Waals surface area (Å²) in [6.07, 6.45) is 3.89. The van der Waals surface area contributed by atoms with E-state index in [0.717, 1.165) is 32.7 Å². The summed E-state index contributed by atoms with van der Waals surface area (Å²) in [5.41, 5.74) is 2.64. The van der Waals surface area contributed by atoms with E-state index in [1.54, 1.807) is 0 Å². The largest absolute Gasteiger partial charge is 0.367 e. The first kappa shape index (κ1) is 13.3. The fourth-order valence-electron chi connectivity index (χ4n) is 2.21. The molecule has 0 saturated carbocycles. The van der Waals surface area contributed by atoms with Crippen molar-refractivity contribution in [2.24, 2.45) is 0 Å². The zero-order chi connectivity index (χ0) is 13.0. The third-order valence-corrected chi connectivity index (χ3v) is 3.43. The zero-order valence-electron chi connectivity index (χ0n) is 11.7. The fourth-order valence-corrected chi connectivity index (χ4v) is 2.21. The van der Waals surface area contributed by atoms with E-state index in [2.05, 4.69) is 47.1 Å². The van der Waals surface area contributed by atoms with Gasteiger partial charge in [-0.25, -0.2) is 0 Å². The van der Waals surface area contributed by atoms with Crippen LogP contribution in [0.5, 0.6) is 0 Å². The highest BCUT2D eigenvalue weighted by Crippen LogP contribution is 2.20. The Bertz CT molecular complexity index is 370. The Morgan fingerprint density at radius 2 is 2.00 bits per heavy atom. The molecule has 0 unspecified atom stereocenters. The molecule has 1 aromatic rings. The number of rotatable bonds is 4. The lowest BCUT2D eigenvalue weighted by Gasteiger charge is -2.35. The molecule has 100 valence electrons. The van der Waals surface area contributed by atoms with Crippen LogP contribution in [-0.4, -0.2) is 49.2 Å². The molecule has 0 atom stereocenters. The Morgan fingerprint density at radius 1 is 1.28 bits per heavy atom. The van der Waals surface area contributed by atoms with Crippen LogP contribution in [0, 0.1) is 0 Å². The number of hydrogen-bond donors (Lipinski definition) is 1. The normalized spacial score (nSPS) is 17.4. The first-order valence-corrected chi connectivity index (χ1v) is 6.76. The molecule has 1 aliphatic rings. The predicted octanol–water partition coefficient (Wildman–Crippen LogP) is 1.33. The highest BCUT2D eigenvalue weighted by atomic mass is 15.2. The van der Waals surface area contributed by atoms with Gasteiger partial charge in [-0.1, -0.05) is 13.8 Å². The molecule has 4 heteroatoms. The standard InChI is InChI=1S/C14H24N4/c1-12(2)16-10-13-4-5-15-11-14(13)18-8-6-17(3)7-9-18/h4-5,11-12,16H,6-10H2,1-3H3. The number of hydrogen-bond acceptors (Lipinski definition) is 4. The first-order chi connectivity index (χ1) is 8.66. The monoisotopic (exact) mass is 248 g/mol. The molecule has 0 spiro atoms. The number of nitrogens with one attached hydrogen (secondary N) is 1. The van der Waals surface area contributed by atoms with Crippen molar-refractivity contribution < 1.29 is 0 Å². The summed E-state index contributed by atoms with van der Waals surface area (Å²) in [7, 11) is 2.18. The van der Waals surface area contributed by atoms with Crippen molar-refractivity contribution in [3.63, 3.8) is 0 Å². The molecule has 1 aromatic heterocycles. The number of piperazine rings is 1. The molecular weight excluding hydrogens is 224 g/mol. The third-order valence-electron chi connectivity index (χ3n) is 3.43. The fraction of sp³-hybridized carbons (Fsp3) is 0.643. The quantitative estimate of drug-likeness (QED) is 0.871. The van der Waals surface area contributed by atoms with Gasteiger partial charge in [0.15, 0.2) is 0 Å². The summed E-state index contributed by atoms with van der Waals surface area (Å²) in [5.74, 6) is 0. The summed E-state index contributed by atoms with van der Waals surface area (Å²) in [6.45, 7) is 9.72. The van der Waals surface area contributed by atoms with Gasteiger partial charge in [0, 0.05) is 45.0 Å². The highest BCUT2D eigenvalue weighted by Gasteiger charge is 2.16. The maximum atomic E-state index is 4.28. The maximum Gasteiger partial charge on any atom is 0.0599 e. The van der Waals surface area contributed by atoms with Gasteiger partial charge in [0.25, 0.3) is 0 Å². The molecular formula is C14H24N4. The van der Waals surface area contributed by atoms with Crippen molar-refractivity contribution in [1.82, 2.24) is 15.2 Å². The van der Waals surface area contributed by atoms with Crippen molar-refractivity contribution in [2.75, 3.05) is 38.1 Å². The minimum absolute atomic E-state index is 0.513. The van der Waals surface area contributed by atoms with Gasteiger partial charge < -0.3 is 15.1 Å². The van der Waals surface area contributed by atoms with E-state index in [1.807, 2.05) is 12.4 Å². The van der Waals surface area contributed by atoms with Crippen molar-refractivity contribution in [3.05, 3.63) is 24.0 Å². The Labute approximate surface area is 110 Å². The second-order valence-corrected chi connectivity index (χ2v) is 5.33. The van der Waals surface area contributed by atoms with Gasteiger partial charge in [-0.3, -0.25) is 4.98 Å². The minimum Gasteiger partial charge on any atom is -0.367 e. The van der Waals surface area contributed by atoms with Crippen LogP contribution in [0.1, 0.15) is 19.4 Å². The summed E-state index contributed by atoms with van der Waals surface area (Å²) >= 11 is 0. The molecule has 1 saturated heterocycles. The number of pyridine rings is 1. The lowest BCUT2D eigenvalue weighted by molar-refractivity contribution is 0.312. The number of anilines is 1. The summed E-state index contributed by atoms with van der Waals surface area (Å²) in [5, 5.41) is 3.49. The minimum atomic E-state index is 0.513. The second-order valence-electron chi connectivity index (χ2n) is 5.33. The third kappa shape index (κ3) is 3.43. The zero-order valence-corrected chi connectivity index (χ0v) is 11.7. The van der Waals surface area contributed by atoms with E-state index < -0.39 is 0 Å². The molecule has 0 amide bonds. The molecule has 2 heterocycles. The topological polar surface area (TPSA) is 31.4 Å². The van der Waals surface area contributed by atoms with Gasteiger partial charge in [-0.05, 0) is 18.7 Å². The average Bonchev–Trinajstić information content (AvgIpc) is 2.38. The van der Waals surface area contributed by atoms with E-state index in [4.69, 9.17) is 0 Å². The average molecular weight is 248 g/mol. The van der Waals surface area contributed by atoms with Crippen molar-refractivity contribution >= 4 is 5.69 Å². The molecule has 0 bridgehead atoms. The molecule has 2 rings (SSSR count). The van der Waals surface area contributed by atoms with Gasteiger partial charge >= 0.3 is 0 Å². The van der Waals surface area contributed by atoms with Gasteiger partial charge in [-0.15, -0.1) is 0 Å². The Hall–Kier alpha value is -1.13. The van der Waals surface area contributed by atoms with Crippen molar-refractivity contribution in [3.8, 4) is 0 Å². The van der Waals surface area contributed by atoms with Crippen molar-refractivity contribution in [2.45, 2.75) is 26.4 Å². The van der Waals surface area contributed by atoms with Crippen LogP contribution in [0.15, 0.2) is 18.5 Å². The smallest absolute Gasteiger partial charge is 0.0599 e. The second kappa shape index (κ2) is 6.16. The molecule has 0 radical (unpaired) electrons. The Kier molecular flexibility index (Phi) is 4.55. The number of nitrogens with zero attached hydrogens (tertiary/aromatic N) is 3. The number of likely N-dealkylation sites (N-methyl/N-ethyl adjacent to an activating group) is 1. The van der Waals surface area contributed by atoms with E-state index in [-0.39, 0.29) is 0 Å². The predicted molar refractivity (Wildman–Crippen MR) is 75.9 cm³/mol. The summed E-state index contributed by atoms with van der Waals surface area (Å²) in [4.78, 5) is 9.11. The molecule has 1 aliphatic heterocycles. The van der Waals surface area contributed by atoms with E-state index >= 15 is 0 Å². The van der Waals surface area contributed by atoms with Crippen LogP contribution < -0.4 is 10.2 Å². The van der Waals surface area contributed by atoms with E-state index in [0.29, 0.717) is 6.04 Å². The molecule has 1 fully saturated rings. The van der Waals surface area contributed by atoms with Crippen LogP contribution in [0.25, 0.3) is 0 Å². The molecule has 4 nitrogen and oxygen atoms in total. The molecule has 0 aliphatic carbocycles. The molecule has 1 N–H and O–H groups in total. The van der Waals surface area contributed by atoms with Gasteiger partial charge in [0.1, 0.15) is 0 Å². The van der Waals surface area contributed by atoms with Crippen LogP contribution in [0.3, 0.4) is 0 Å². The summed E-state index contributed by atoms with van der Waals surface area (Å²) in [6, 6.07) is 2.64. The lowest BCUT2D eigenvalue weighted by Crippen LogP contribution is -2.45. The van der Waals surface area contributed by atoms with E-state index in [9.17, 15) is 0 Å². The SMILES string of the molecule is CC(C)NCc1ccncc1N1CCN(C)CC1. The van der Waals surface area contributed by atoms with Crippen LogP contribution in [0.4, 0.5) is 5.69 Å².